The largest absolute Gasteiger partial charge is 1.00 e. The van der Waals surface area contributed by atoms with Gasteiger partial charge in [-0.15, -0.1) is 0 Å². The third kappa shape index (κ3) is 5.72. The molecule has 1 amide bonds. The van der Waals surface area contributed by atoms with E-state index < -0.39 is 11.9 Å². The van der Waals surface area contributed by atoms with Gasteiger partial charge in [0, 0.05) is 41.2 Å². The summed E-state index contributed by atoms with van der Waals surface area (Å²) >= 11 is 19.3. The SMILES string of the molecule is C=CC(=O)N1CCC(c2onc(-c3c(Cl)cc(Cl)cc3Cl)c2C(=O)n2cc3c4c(cccc42)/C(=C/C(=O)[O-])CC3)CC1.[Na+]. The van der Waals surface area contributed by atoms with Crippen LogP contribution in [0.5, 0.6) is 0 Å². The summed E-state index contributed by atoms with van der Waals surface area (Å²) in [7, 11) is 0. The molecule has 0 bridgehead atoms. The van der Waals surface area contributed by atoms with E-state index >= 15 is 0 Å². The summed E-state index contributed by atoms with van der Waals surface area (Å²) in [6, 6.07) is 8.49. The van der Waals surface area contributed by atoms with Crippen molar-refractivity contribution in [1.29, 1.82) is 0 Å². The van der Waals surface area contributed by atoms with E-state index in [9.17, 15) is 19.5 Å². The number of likely N-dealkylation sites (tertiary alicyclic amines) is 1. The first-order valence-corrected chi connectivity index (χ1v) is 14.5. The zero-order valence-corrected chi connectivity index (χ0v) is 27.4. The third-order valence-electron chi connectivity index (χ3n) is 7.96. The van der Waals surface area contributed by atoms with Crippen molar-refractivity contribution in [2.45, 2.75) is 31.6 Å². The number of hydrogen-bond donors (Lipinski definition) is 0. The van der Waals surface area contributed by atoms with Gasteiger partial charge in [-0.3, -0.25) is 14.2 Å². The fourth-order valence-corrected chi connectivity index (χ4v) is 7.02. The Labute approximate surface area is 284 Å². The van der Waals surface area contributed by atoms with E-state index in [1.54, 1.807) is 21.7 Å². The van der Waals surface area contributed by atoms with Gasteiger partial charge in [0.1, 0.15) is 11.3 Å². The zero-order chi connectivity index (χ0) is 29.7. The van der Waals surface area contributed by atoms with Gasteiger partial charge in [-0.1, -0.05) is 58.7 Å². The van der Waals surface area contributed by atoms with Crippen molar-refractivity contribution in [3.05, 3.63) is 92.8 Å². The smallest absolute Gasteiger partial charge is 0.545 e. The normalized spacial score (nSPS) is 15.9. The monoisotopic (exact) mass is 645 g/mol. The molecule has 0 N–H and O–H groups in total. The van der Waals surface area contributed by atoms with Gasteiger partial charge in [0.25, 0.3) is 5.91 Å². The summed E-state index contributed by atoms with van der Waals surface area (Å²) in [6.07, 6.45) is 6.34. The minimum atomic E-state index is -1.27. The number of carboxylic acid groups (broad SMARTS) is 1. The molecule has 8 nitrogen and oxygen atoms in total. The number of rotatable bonds is 5. The van der Waals surface area contributed by atoms with E-state index in [4.69, 9.17) is 39.3 Å². The molecule has 2 aromatic carbocycles. The first-order valence-electron chi connectivity index (χ1n) is 13.3. The predicted molar refractivity (Wildman–Crippen MR) is 159 cm³/mol. The van der Waals surface area contributed by atoms with Gasteiger partial charge in [-0.05, 0) is 72.7 Å². The molecular weight excluding hydrogens is 624 g/mol. The fraction of sp³-hybridized carbons (Fsp3) is 0.226. The molecule has 0 unspecified atom stereocenters. The molecule has 6 rings (SSSR count). The van der Waals surface area contributed by atoms with Gasteiger partial charge in [0.2, 0.25) is 5.91 Å². The molecule has 0 spiro atoms. The standard InChI is InChI=1S/C31H24Cl3N3O5.Na/c1-2-24(38)36-10-8-16(9-11-36)30-28(29(35-42-30)27-21(33)13-19(32)14-22(27)34)31(41)37-15-18-7-6-17(12-25(39)40)20-4-3-5-23(37)26(18)20;/h2-5,12-16H,1,6-11H2,(H,39,40);/q;+1/p-1/b17-12+;. The number of piperidine rings is 1. The molecule has 1 aliphatic heterocycles. The first-order chi connectivity index (χ1) is 20.2. The molecule has 214 valence electrons. The Kier molecular flexibility index (Phi) is 9.28. The van der Waals surface area contributed by atoms with E-state index in [1.807, 2.05) is 12.1 Å². The van der Waals surface area contributed by atoms with Crippen LogP contribution >= 0.6 is 34.8 Å². The van der Waals surface area contributed by atoms with E-state index in [1.165, 1.54) is 18.2 Å². The molecule has 3 heterocycles. The molecule has 2 aromatic heterocycles. The Morgan fingerprint density at radius 3 is 2.42 bits per heavy atom. The van der Waals surface area contributed by atoms with Crippen LogP contribution in [0.1, 0.15) is 52.4 Å². The number of aliphatic carboxylic acids is 1. The van der Waals surface area contributed by atoms with Crippen molar-refractivity contribution < 1.29 is 53.6 Å². The number of carboxylic acids is 1. The summed E-state index contributed by atoms with van der Waals surface area (Å²) < 4.78 is 7.44. The van der Waals surface area contributed by atoms with Crippen LogP contribution in [0.25, 0.3) is 27.7 Å². The molecule has 1 saturated heterocycles. The maximum atomic E-state index is 14.6. The molecule has 43 heavy (non-hydrogen) atoms. The molecule has 2 aliphatic rings. The predicted octanol–water partition coefficient (Wildman–Crippen LogP) is 2.92. The van der Waals surface area contributed by atoms with Crippen molar-refractivity contribution in [2.24, 2.45) is 0 Å². The fourth-order valence-electron chi connectivity index (χ4n) is 6.03. The second-order valence-corrected chi connectivity index (χ2v) is 11.6. The van der Waals surface area contributed by atoms with Crippen LogP contribution < -0.4 is 34.7 Å². The van der Waals surface area contributed by atoms with Crippen LogP contribution in [0.3, 0.4) is 0 Å². The minimum Gasteiger partial charge on any atom is -0.545 e. The Bertz CT molecular complexity index is 1810. The van der Waals surface area contributed by atoms with E-state index in [2.05, 4.69) is 11.7 Å². The van der Waals surface area contributed by atoms with Crippen LogP contribution in [-0.2, 0) is 16.0 Å². The average molecular weight is 647 g/mol. The maximum Gasteiger partial charge on any atom is 1.00 e. The molecule has 4 aromatic rings. The topological polar surface area (TPSA) is 108 Å². The van der Waals surface area contributed by atoms with Crippen molar-refractivity contribution in [3.8, 4) is 11.3 Å². The van der Waals surface area contributed by atoms with E-state index in [-0.39, 0.29) is 62.7 Å². The maximum absolute atomic E-state index is 14.6. The Morgan fingerprint density at radius 2 is 1.77 bits per heavy atom. The van der Waals surface area contributed by atoms with Crippen LogP contribution in [-0.4, -0.2) is 45.5 Å². The minimum absolute atomic E-state index is 0. The van der Waals surface area contributed by atoms with Gasteiger partial charge in [0.05, 0.1) is 21.5 Å². The number of halogens is 3. The van der Waals surface area contributed by atoms with Gasteiger partial charge in [-0.25, -0.2) is 0 Å². The Morgan fingerprint density at radius 1 is 1.07 bits per heavy atom. The second-order valence-electron chi connectivity index (χ2n) is 10.3. The molecular formula is C31H23Cl3N3NaO5. The van der Waals surface area contributed by atoms with Gasteiger partial charge in [0.15, 0.2) is 5.76 Å². The van der Waals surface area contributed by atoms with Crippen LogP contribution in [0.15, 0.2) is 59.8 Å². The second kappa shape index (κ2) is 12.6. The first kappa shape index (κ1) is 31.6. The number of carbonyl (C=O) groups excluding carboxylic acids is 3. The molecule has 1 aliphatic carbocycles. The van der Waals surface area contributed by atoms with E-state index in [0.717, 1.165) is 22.6 Å². The van der Waals surface area contributed by atoms with Gasteiger partial charge in [-0.2, -0.15) is 0 Å². The quantitative estimate of drug-likeness (QED) is 0.244. The van der Waals surface area contributed by atoms with Gasteiger partial charge < -0.3 is 19.3 Å². The van der Waals surface area contributed by atoms with Crippen molar-refractivity contribution in [1.82, 2.24) is 14.6 Å². The number of nitrogens with zero attached hydrogens (tertiary/aromatic N) is 3. The molecule has 12 heteroatoms. The molecule has 0 atom stereocenters. The zero-order valence-electron chi connectivity index (χ0n) is 23.2. The molecule has 0 saturated carbocycles. The van der Waals surface area contributed by atoms with Crippen LogP contribution in [0, 0.1) is 0 Å². The van der Waals surface area contributed by atoms with Gasteiger partial charge >= 0.3 is 29.6 Å². The molecule has 1 fully saturated rings. The number of hydrogen-bond acceptors (Lipinski definition) is 6. The summed E-state index contributed by atoms with van der Waals surface area (Å²) in [5, 5.41) is 17.2. The number of aryl methyl sites for hydroxylation is 1. The average Bonchev–Trinajstić information content (AvgIpc) is 3.56. The summed E-state index contributed by atoms with van der Waals surface area (Å²) in [5.41, 5.74) is 3.66. The number of benzene rings is 2. The number of aromatic nitrogens is 2. The number of amides is 1. The summed E-state index contributed by atoms with van der Waals surface area (Å²) in [4.78, 5) is 39.8. The van der Waals surface area contributed by atoms with Crippen molar-refractivity contribution >= 4 is 69.1 Å². The molecule has 0 radical (unpaired) electrons. The third-order valence-corrected chi connectivity index (χ3v) is 8.77. The van der Waals surface area contributed by atoms with Crippen molar-refractivity contribution in [2.75, 3.05) is 13.1 Å². The van der Waals surface area contributed by atoms with Crippen molar-refractivity contribution in [3.63, 3.8) is 0 Å². The van der Waals surface area contributed by atoms with Crippen LogP contribution in [0.4, 0.5) is 0 Å². The summed E-state index contributed by atoms with van der Waals surface area (Å²) in [5.74, 6) is -1.63. The number of carbonyl (C=O) groups is 3. The Hall–Kier alpha value is -2.85. The number of allylic oxidation sites excluding steroid dienone is 1. The van der Waals surface area contributed by atoms with E-state index in [0.29, 0.717) is 66.2 Å². The Balaban J connectivity index is 0.00000368. The van der Waals surface area contributed by atoms with Crippen LogP contribution in [0.2, 0.25) is 15.1 Å². The summed E-state index contributed by atoms with van der Waals surface area (Å²) in [6.45, 7) is 4.50.